The van der Waals surface area contributed by atoms with Gasteiger partial charge in [0.2, 0.25) is 0 Å². The molecule has 88 valence electrons. The normalized spacial score (nSPS) is 24.7. The third-order valence-corrected chi connectivity index (χ3v) is 3.41. The van der Waals surface area contributed by atoms with E-state index in [0.29, 0.717) is 6.04 Å². The highest BCUT2D eigenvalue weighted by Gasteiger charge is 2.28. The number of nitrogens with zero attached hydrogens (tertiary/aromatic N) is 1. The van der Waals surface area contributed by atoms with E-state index >= 15 is 0 Å². The molecular formula is C13H19FN2. The maximum atomic E-state index is 13.2. The first-order chi connectivity index (χ1) is 7.72. The highest BCUT2D eigenvalue weighted by molar-refractivity contribution is 5.48. The van der Waals surface area contributed by atoms with Crippen LogP contribution in [0.15, 0.2) is 24.3 Å². The van der Waals surface area contributed by atoms with Crippen LogP contribution in [-0.4, -0.2) is 18.6 Å². The molecule has 2 unspecified atom stereocenters. The molecule has 1 aromatic carbocycles. The van der Waals surface area contributed by atoms with E-state index in [2.05, 4.69) is 11.8 Å². The van der Waals surface area contributed by atoms with Crippen molar-refractivity contribution in [2.45, 2.75) is 38.3 Å². The molecular weight excluding hydrogens is 203 g/mol. The molecule has 0 saturated heterocycles. The number of rotatable bonds is 3. The molecule has 1 saturated carbocycles. The molecule has 3 heteroatoms. The van der Waals surface area contributed by atoms with Gasteiger partial charge < -0.3 is 10.6 Å². The summed E-state index contributed by atoms with van der Waals surface area (Å²) in [5.41, 5.74) is 7.04. The SMILES string of the molecule is CCN(c1cccc(F)c1)C1CCCC1N. The summed E-state index contributed by atoms with van der Waals surface area (Å²) in [7, 11) is 0. The Kier molecular flexibility index (Phi) is 3.44. The van der Waals surface area contributed by atoms with Crippen LogP contribution in [0, 0.1) is 5.82 Å². The van der Waals surface area contributed by atoms with E-state index in [-0.39, 0.29) is 11.9 Å². The van der Waals surface area contributed by atoms with Crippen LogP contribution in [0.25, 0.3) is 0 Å². The average Bonchev–Trinajstić information content (AvgIpc) is 2.67. The summed E-state index contributed by atoms with van der Waals surface area (Å²) in [4.78, 5) is 2.22. The minimum Gasteiger partial charge on any atom is -0.367 e. The van der Waals surface area contributed by atoms with Gasteiger partial charge in [-0.25, -0.2) is 4.39 Å². The standard InChI is InChI=1S/C13H19FN2/c1-2-16(13-8-4-7-12(13)15)11-6-3-5-10(14)9-11/h3,5-6,9,12-13H,2,4,7-8,15H2,1H3. The van der Waals surface area contributed by atoms with Gasteiger partial charge in [0.15, 0.2) is 0 Å². The molecule has 2 nitrogen and oxygen atoms in total. The Morgan fingerprint density at radius 2 is 2.25 bits per heavy atom. The number of hydrogen-bond acceptors (Lipinski definition) is 2. The predicted molar refractivity (Wildman–Crippen MR) is 65.0 cm³/mol. The molecule has 0 aliphatic heterocycles. The van der Waals surface area contributed by atoms with Crippen LogP contribution >= 0.6 is 0 Å². The van der Waals surface area contributed by atoms with Crippen LogP contribution in [0.4, 0.5) is 10.1 Å². The fraction of sp³-hybridized carbons (Fsp3) is 0.538. The topological polar surface area (TPSA) is 29.3 Å². The van der Waals surface area contributed by atoms with Crippen molar-refractivity contribution in [3.05, 3.63) is 30.1 Å². The fourth-order valence-corrected chi connectivity index (χ4v) is 2.62. The Labute approximate surface area is 96.2 Å². The zero-order valence-electron chi connectivity index (χ0n) is 9.70. The highest BCUT2D eigenvalue weighted by Crippen LogP contribution is 2.27. The Hall–Kier alpha value is -1.09. The van der Waals surface area contributed by atoms with Gasteiger partial charge in [-0.15, -0.1) is 0 Å². The molecule has 0 aromatic heterocycles. The summed E-state index contributed by atoms with van der Waals surface area (Å²) in [6.07, 6.45) is 3.37. The number of anilines is 1. The van der Waals surface area contributed by atoms with Gasteiger partial charge in [-0.3, -0.25) is 0 Å². The monoisotopic (exact) mass is 222 g/mol. The molecule has 0 amide bonds. The maximum absolute atomic E-state index is 13.2. The lowest BCUT2D eigenvalue weighted by Gasteiger charge is -2.32. The van der Waals surface area contributed by atoms with Crippen LogP contribution in [0.2, 0.25) is 0 Å². The van der Waals surface area contributed by atoms with Crippen molar-refractivity contribution in [2.24, 2.45) is 5.73 Å². The molecule has 1 aromatic rings. The number of nitrogens with two attached hydrogens (primary N) is 1. The lowest BCUT2D eigenvalue weighted by molar-refractivity contribution is 0.549. The van der Waals surface area contributed by atoms with Crippen LogP contribution in [0.5, 0.6) is 0 Å². The number of hydrogen-bond donors (Lipinski definition) is 1. The second-order valence-corrected chi connectivity index (χ2v) is 4.43. The zero-order valence-corrected chi connectivity index (χ0v) is 9.70. The first-order valence-electron chi connectivity index (χ1n) is 6.00. The molecule has 1 aliphatic rings. The summed E-state index contributed by atoms with van der Waals surface area (Å²) in [6, 6.07) is 7.38. The van der Waals surface area contributed by atoms with Gasteiger partial charge in [0.1, 0.15) is 5.82 Å². The lowest BCUT2D eigenvalue weighted by Crippen LogP contribution is -2.44. The van der Waals surface area contributed by atoms with Crippen molar-refractivity contribution in [3.63, 3.8) is 0 Å². The molecule has 2 atom stereocenters. The largest absolute Gasteiger partial charge is 0.367 e. The third-order valence-electron chi connectivity index (χ3n) is 3.41. The molecule has 0 spiro atoms. The Morgan fingerprint density at radius 1 is 1.44 bits per heavy atom. The summed E-state index contributed by atoms with van der Waals surface area (Å²) in [6.45, 7) is 2.97. The quantitative estimate of drug-likeness (QED) is 0.851. The zero-order chi connectivity index (χ0) is 11.5. The summed E-state index contributed by atoms with van der Waals surface area (Å²) in [5.74, 6) is -0.178. The minimum absolute atomic E-state index is 0.178. The van der Waals surface area contributed by atoms with E-state index in [9.17, 15) is 4.39 Å². The van der Waals surface area contributed by atoms with Gasteiger partial charge in [-0.05, 0) is 44.4 Å². The van der Waals surface area contributed by atoms with Crippen molar-refractivity contribution in [3.8, 4) is 0 Å². The summed E-state index contributed by atoms with van der Waals surface area (Å²) < 4.78 is 13.2. The minimum atomic E-state index is -0.178. The van der Waals surface area contributed by atoms with Gasteiger partial charge in [0.25, 0.3) is 0 Å². The Balaban J connectivity index is 2.21. The van der Waals surface area contributed by atoms with Gasteiger partial charge in [0, 0.05) is 24.3 Å². The van der Waals surface area contributed by atoms with Crippen molar-refractivity contribution < 1.29 is 4.39 Å². The maximum Gasteiger partial charge on any atom is 0.125 e. The van der Waals surface area contributed by atoms with Crippen LogP contribution < -0.4 is 10.6 Å². The van der Waals surface area contributed by atoms with Crippen LogP contribution in [0.3, 0.4) is 0 Å². The highest BCUT2D eigenvalue weighted by atomic mass is 19.1. The van der Waals surface area contributed by atoms with Gasteiger partial charge in [0.05, 0.1) is 0 Å². The molecule has 2 N–H and O–H groups in total. The van der Waals surface area contributed by atoms with E-state index < -0.39 is 0 Å². The smallest absolute Gasteiger partial charge is 0.125 e. The lowest BCUT2D eigenvalue weighted by atomic mass is 10.1. The van der Waals surface area contributed by atoms with Gasteiger partial charge >= 0.3 is 0 Å². The first kappa shape index (κ1) is 11.4. The fourth-order valence-electron chi connectivity index (χ4n) is 2.62. The van der Waals surface area contributed by atoms with E-state index in [1.54, 1.807) is 12.1 Å². The van der Waals surface area contributed by atoms with Crippen molar-refractivity contribution in [2.75, 3.05) is 11.4 Å². The Morgan fingerprint density at radius 3 is 2.81 bits per heavy atom. The third kappa shape index (κ3) is 2.19. The van der Waals surface area contributed by atoms with E-state index in [1.807, 2.05) is 6.07 Å². The summed E-state index contributed by atoms with van der Waals surface area (Å²) in [5, 5.41) is 0. The van der Waals surface area contributed by atoms with Gasteiger partial charge in [-0.1, -0.05) is 6.07 Å². The molecule has 0 heterocycles. The van der Waals surface area contributed by atoms with Crippen molar-refractivity contribution in [1.29, 1.82) is 0 Å². The molecule has 16 heavy (non-hydrogen) atoms. The first-order valence-corrected chi connectivity index (χ1v) is 6.00. The molecule has 1 aliphatic carbocycles. The van der Waals surface area contributed by atoms with Crippen molar-refractivity contribution in [1.82, 2.24) is 0 Å². The van der Waals surface area contributed by atoms with E-state index in [4.69, 9.17) is 5.73 Å². The second-order valence-electron chi connectivity index (χ2n) is 4.43. The number of halogens is 1. The second kappa shape index (κ2) is 4.83. The van der Waals surface area contributed by atoms with E-state index in [0.717, 1.165) is 25.1 Å². The summed E-state index contributed by atoms with van der Waals surface area (Å²) >= 11 is 0. The average molecular weight is 222 g/mol. The molecule has 0 bridgehead atoms. The van der Waals surface area contributed by atoms with E-state index in [1.165, 1.54) is 12.5 Å². The molecule has 1 fully saturated rings. The molecule has 2 rings (SSSR count). The number of benzene rings is 1. The van der Waals surface area contributed by atoms with Crippen LogP contribution in [0.1, 0.15) is 26.2 Å². The number of likely N-dealkylation sites (N-methyl/N-ethyl adjacent to an activating group) is 1. The Bertz CT molecular complexity index is 354. The van der Waals surface area contributed by atoms with Gasteiger partial charge in [-0.2, -0.15) is 0 Å². The van der Waals surface area contributed by atoms with Crippen molar-refractivity contribution >= 4 is 5.69 Å². The molecule has 0 radical (unpaired) electrons. The van der Waals surface area contributed by atoms with Crippen LogP contribution in [-0.2, 0) is 0 Å². The predicted octanol–water partition coefficient (Wildman–Crippen LogP) is 2.53.